The molecule has 0 aliphatic carbocycles. The second-order valence-corrected chi connectivity index (χ2v) is 8.08. The lowest BCUT2D eigenvalue weighted by Gasteiger charge is -2.25. The number of aryl methyl sites for hydroxylation is 1. The summed E-state index contributed by atoms with van der Waals surface area (Å²) in [7, 11) is -2.43. The van der Waals surface area contributed by atoms with Gasteiger partial charge in [0, 0.05) is 11.4 Å². The van der Waals surface area contributed by atoms with E-state index in [1.165, 1.54) is 11.4 Å². The highest BCUT2D eigenvalue weighted by atomic mass is 32.2. The Morgan fingerprint density at radius 2 is 1.80 bits per heavy atom. The van der Waals surface area contributed by atoms with Crippen molar-refractivity contribution in [1.29, 1.82) is 0 Å². The minimum Gasteiger partial charge on any atom is -0.465 e. The van der Waals surface area contributed by atoms with Crippen LogP contribution in [-0.2, 0) is 14.8 Å². The number of methoxy groups -OCH3 is 1. The molecule has 0 atom stereocenters. The maximum absolute atomic E-state index is 13.1. The van der Waals surface area contributed by atoms with Gasteiger partial charge in [0.1, 0.15) is 0 Å². The van der Waals surface area contributed by atoms with E-state index in [4.69, 9.17) is 4.74 Å². The second-order valence-electron chi connectivity index (χ2n) is 5.34. The standard InChI is InChI=1S/C18H21NO4S2/c1-5-19(17-12-14(18(20)23-3)7-6-13(17)2)25(21,22)16-10-8-15(24-4)9-11-16/h6-12H,5H2,1-4H3. The summed E-state index contributed by atoms with van der Waals surface area (Å²) in [5.74, 6) is -0.501. The molecule has 7 heteroatoms. The summed E-state index contributed by atoms with van der Waals surface area (Å²) in [6, 6.07) is 11.7. The van der Waals surface area contributed by atoms with Gasteiger partial charge in [0.2, 0.25) is 0 Å². The predicted molar refractivity (Wildman–Crippen MR) is 101 cm³/mol. The molecule has 0 aromatic heterocycles. The van der Waals surface area contributed by atoms with Crippen molar-refractivity contribution in [2.75, 3.05) is 24.2 Å². The molecule has 0 bridgehead atoms. The fraction of sp³-hybridized carbons (Fsp3) is 0.278. The van der Waals surface area contributed by atoms with E-state index >= 15 is 0 Å². The van der Waals surface area contributed by atoms with E-state index in [0.717, 1.165) is 10.5 Å². The molecule has 0 radical (unpaired) electrons. The predicted octanol–water partition coefficient (Wildman–Crippen LogP) is 3.72. The molecule has 0 saturated heterocycles. The molecule has 0 heterocycles. The topological polar surface area (TPSA) is 63.7 Å². The van der Waals surface area contributed by atoms with Crippen molar-refractivity contribution in [3.63, 3.8) is 0 Å². The van der Waals surface area contributed by atoms with Gasteiger partial charge >= 0.3 is 5.97 Å². The molecule has 5 nitrogen and oxygen atoms in total. The van der Waals surface area contributed by atoms with Gasteiger partial charge in [-0.25, -0.2) is 13.2 Å². The molecule has 0 amide bonds. The molecular weight excluding hydrogens is 358 g/mol. The van der Waals surface area contributed by atoms with E-state index < -0.39 is 16.0 Å². The first-order valence-corrected chi connectivity index (χ1v) is 10.4. The van der Waals surface area contributed by atoms with Crippen molar-refractivity contribution < 1.29 is 17.9 Å². The third kappa shape index (κ3) is 3.99. The molecule has 0 fully saturated rings. The molecule has 0 aliphatic rings. The van der Waals surface area contributed by atoms with Crippen LogP contribution in [-0.4, -0.2) is 34.3 Å². The minimum absolute atomic E-state index is 0.218. The summed E-state index contributed by atoms with van der Waals surface area (Å²) < 4.78 is 32.2. The van der Waals surface area contributed by atoms with E-state index in [-0.39, 0.29) is 11.4 Å². The summed E-state index contributed by atoms with van der Waals surface area (Å²) in [4.78, 5) is 13.0. The maximum Gasteiger partial charge on any atom is 0.337 e. The third-order valence-electron chi connectivity index (χ3n) is 3.83. The van der Waals surface area contributed by atoms with Crippen LogP contribution in [0.4, 0.5) is 5.69 Å². The first-order valence-electron chi connectivity index (χ1n) is 7.71. The summed E-state index contributed by atoms with van der Waals surface area (Å²) in [5.41, 5.74) is 1.55. The number of hydrogen-bond acceptors (Lipinski definition) is 5. The molecule has 0 N–H and O–H groups in total. The van der Waals surface area contributed by atoms with Crippen LogP contribution in [0.1, 0.15) is 22.8 Å². The Hall–Kier alpha value is -1.99. The Labute approximate surface area is 153 Å². The zero-order valence-corrected chi connectivity index (χ0v) is 16.3. The van der Waals surface area contributed by atoms with Gasteiger partial charge in [0.25, 0.3) is 10.0 Å². The van der Waals surface area contributed by atoms with Gasteiger partial charge in [0.15, 0.2) is 0 Å². The van der Waals surface area contributed by atoms with E-state index in [1.54, 1.807) is 61.2 Å². The van der Waals surface area contributed by atoms with E-state index in [9.17, 15) is 13.2 Å². The quantitative estimate of drug-likeness (QED) is 0.565. The molecule has 0 spiro atoms. The van der Waals surface area contributed by atoms with Crippen LogP contribution in [0.5, 0.6) is 0 Å². The van der Waals surface area contributed by atoms with E-state index in [0.29, 0.717) is 11.3 Å². The lowest BCUT2D eigenvalue weighted by molar-refractivity contribution is 0.0600. The molecule has 2 rings (SSSR count). The Morgan fingerprint density at radius 3 is 2.32 bits per heavy atom. The lowest BCUT2D eigenvalue weighted by Crippen LogP contribution is -2.31. The smallest absolute Gasteiger partial charge is 0.337 e. The largest absolute Gasteiger partial charge is 0.465 e. The highest BCUT2D eigenvalue weighted by Crippen LogP contribution is 2.29. The number of benzene rings is 2. The number of anilines is 1. The Bertz CT molecular complexity index is 861. The Balaban J connectivity index is 2.52. The minimum atomic E-state index is -3.73. The molecule has 25 heavy (non-hydrogen) atoms. The van der Waals surface area contributed by atoms with Gasteiger partial charge in [-0.2, -0.15) is 0 Å². The van der Waals surface area contributed by atoms with Crippen LogP contribution in [0.25, 0.3) is 0 Å². The second kappa shape index (κ2) is 7.93. The van der Waals surface area contributed by atoms with E-state index in [2.05, 4.69) is 0 Å². The fourth-order valence-electron chi connectivity index (χ4n) is 2.47. The van der Waals surface area contributed by atoms with Crippen LogP contribution < -0.4 is 4.31 Å². The molecule has 0 saturated carbocycles. The highest BCUT2D eigenvalue weighted by molar-refractivity contribution is 7.98. The van der Waals surface area contributed by atoms with Crippen molar-refractivity contribution >= 4 is 33.4 Å². The zero-order chi connectivity index (χ0) is 18.6. The first kappa shape index (κ1) is 19.3. The number of ether oxygens (including phenoxy) is 1. The van der Waals surface area contributed by atoms with Crippen LogP contribution in [0.3, 0.4) is 0 Å². The number of hydrogen-bond donors (Lipinski definition) is 0. The molecule has 0 unspecified atom stereocenters. The molecule has 134 valence electrons. The third-order valence-corrected chi connectivity index (χ3v) is 6.48. The molecule has 2 aromatic rings. The number of rotatable bonds is 6. The van der Waals surface area contributed by atoms with Crippen LogP contribution in [0.2, 0.25) is 0 Å². The Morgan fingerprint density at radius 1 is 1.16 bits per heavy atom. The Kier molecular flexibility index (Phi) is 6.13. The van der Waals surface area contributed by atoms with Crippen LogP contribution in [0.15, 0.2) is 52.3 Å². The van der Waals surface area contributed by atoms with Crippen molar-refractivity contribution in [3.8, 4) is 0 Å². The van der Waals surface area contributed by atoms with Crippen molar-refractivity contribution in [2.24, 2.45) is 0 Å². The summed E-state index contributed by atoms with van der Waals surface area (Å²) >= 11 is 1.55. The van der Waals surface area contributed by atoms with Gasteiger partial charge in [-0.3, -0.25) is 4.31 Å². The fourth-order valence-corrected chi connectivity index (χ4v) is 4.41. The molecular formula is C18H21NO4S2. The van der Waals surface area contributed by atoms with E-state index in [1.807, 2.05) is 13.2 Å². The van der Waals surface area contributed by atoms with Gasteiger partial charge in [0.05, 0.1) is 23.3 Å². The van der Waals surface area contributed by atoms with Crippen molar-refractivity contribution in [1.82, 2.24) is 0 Å². The number of carbonyl (C=O) groups excluding carboxylic acids is 1. The number of sulfonamides is 1. The average Bonchev–Trinajstić information content (AvgIpc) is 2.63. The SMILES string of the molecule is CCN(c1cc(C(=O)OC)ccc1C)S(=O)(=O)c1ccc(SC)cc1. The van der Waals surface area contributed by atoms with Crippen molar-refractivity contribution in [2.45, 2.75) is 23.6 Å². The maximum atomic E-state index is 13.1. The highest BCUT2D eigenvalue weighted by Gasteiger charge is 2.25. The van der Waals surface area contributed by atoms with Gasteiger partial charge in [-0.1, -0.05) is 6.07 Å². The van der Waals surface area contributed by atoms with Gasteiger partial charge < -0.3 is 4.74 Å². The number of esters is 1. The van der Waals surface area contributed by atoms with Crippen molar-refractivity contribution in [3.05, 3.63) is 53.6 Å². The van der Waals surface area contributed by atoms with Crippen LogP contribution >= 0.6 is 11.8 Å². The summed E-state index contributed by atoms with van der Waals surface area (Å²) in [5, 5.41) is 0. The number of nitrogens with zero attached hydrogens (tertiary/aromatic N) is 1. The summed E-state index contributed by atoms with van der Waals surface area (Å²) in [6.45, 7) is 3.82. The summed E-state index contributed by atoms with van der Waals surface area (Å²) in [6.07, 6.45) is 1.93. The van der Waals surface area contributed by atoms with Crippen LogP contribution in [0, 0.1) is 6.92 Å². The lowest BCUT2D eigenvalue weighted by atomic mass is 10.1. The molecule has 0 aliphatic heterocycles. The zero-order valence-electron chi connectivity index (χ0n) is 14.6. The number of carbonyl (C=O) groups is 1. The molecule has 2 aromatic carbocycles. The van der Waals surface area contributed by atoms with Gasteiger partial charge in [-0.05, 0) is 62.1 Å². The monoisotopic (exact) mass is 379 g/mol. The first-order chi connectivity index (χ1) is 11.8. The van der Waals surface area contributed by atoms with Gasteiger partial charge in [-0.15, -0.1) is 11.8 Å². The number of thioether (sulfide) groups is 1. The average molecular weight is 380 g/mol. The normalized spacial score (nSPS) is 11.2.